The summed E-state index contributed by atoms with van der Waals surface area (Å²) in [6.45, 7) is 0.703. The Morgan fingerprint density at radius 3 is 2.52 bits per heavy atom. The molecule has 0 radical (unpaired) electrons. The Balaban J connectivity index is 1.63. The van der Waals surface area contributed by atoms with Crippen LogP contribution >= 0.6 is 0 Å². The number of ether oxygens (including phenoxy) is 1. The summed E-state index contributed by atoms with van der Waals surface area (Å²) in [4.78, 5) is 14.4. The second-order valence-electron chi connectivity index (χ2n) is 6.45. The predicted octanol–water partition coefficient (Wildman–Crippen LogP) is 2.89. The zero-order valence-electron chi connectivity index (χ0n) is 13.1. The highest BCUT2D eigenvalue weighted by molar-refractivity contribution is 5.94. The van der Waals surface area contributed by atoms with Crippen LogP contribution in [-0.2, 0) is 0 Å². The Hall–Kier alpha value is -1.69. The topological polar surface area (TPSA) is 41.6 Å². The van der Waals surface area contributed by atoms with Crippen molar-refractivity contribution in [3.8, 4) is 5.75 Å². The maximum Gasteiger partial charge on any atom is 0.387 e. The molecule has 4 nitrogen and oxygen atoms in total. The molecule has 0 aliphatic carbocycles. The van der Waals surface area contributed by atoms with E-state index in [1.165, 1.54) is 25.0 Å². The van der Waals surface area contributed by atoms with Gasteiger partial charge in [0.1, 0.15) is 5.75 Å². The van der Waals surface area contributed by atoms with Crippen LogP contribution in [0.4, 0.5) is 8.78 Å². The molecule has 1 N–H and O–H groups in total. The third kappa shape index (κ3) is 3.80. The first-order chi connectivity index (χ1) is 11.1. The average Bonchev–Trinajstić information content (AvgIpc) is 2.55. The summed E-state index contributed by atoms with van der Waals surface area (Å²) in [5.74, 6) is -0.0776. The van der Waals surface area contributed by atoms with Crippen molar-refractivity contribution in [2.75, 3.05) is 26.2 Å². The number of carbonyl (C=O) groups excluding carboxylic acids is 1. The fourth-order valence-electron chi connectivity index (χ4n) is 3.63. The van der Waals surface area contributed by atoms with Crippen LogP contribution in [-0.4, -0.2) is 43.6 Å². The van der Waals surface area contributed by atoms with Crippen LogP contribution in [0.2, 0.25) is 0 Å². The van der Waals surface area contributed by atoms with Gasteiger partial charge in [0.2, 0.25) is 0 Å². The molecule has 2 aliphatic heterocycles. The van der Waals surface area contributed by atoms with E-state index in [-0.39, 0.29) is 11.7 Å². The van der Waals surface area contributed by atoms with Gasteiger partial charge in [-0.3, -0.25) is 4.79 Å². The summed E-state index contributed by atoms with van der Waals surface area (Å²) in [5.41, 5.74) is 0.785. The third-order valence-corrected chi connectivity index (χ3v) is 5.08. The molecule has 1 amide bonds. The van der Waals surface area contributed by atoms with Gasteiger partial charge < -0.3 is 15.0 Å². The molecular weight excluding hydrogens is 302 g/mol. The zero-order chi connectivity index (χ0) is 16.3. The predicted molar refractivity (Wildman–Crippen MR) is 82.7 cm³/mol. The molecule has 2 saturated heterocycles. The Labute approximate surface area is 134 Å². The minimum atomic E-state index is -2.88. The number of amides is 1. The standard InChI is InChI=1S/C17H22F2N2O2/c18-16(19)23-14-3-1-2-13(12-14)15(22)21-10-6-17(7-11-21)4-8-20-9-5-17/h1-3,12,16,20H,4-11H2. The Bertz CT molecular complexity index is 549. The van der Waals surface area contributed by atoms with E-state index in [4.69, 9.17) is 0 Å². The van der Waals surface area contributed by atoms with Gasteiger partial charge in [-0.25, -0.2) is 0 Å². The largest absolute Gasteiger partial charge is 0.435 e. The SMILES string of the molecule is O=C(c1cccc(OC(F)F)c1)N1CCC2(CCNCC2)CC1. The second-order valence-corrected chi connectivity index (χ2v) is 6.45. The first-order valence-corrected chi connectivity index (χ1v) is 8.13. The van der Waals surface area contributed by atoms with Gasteiger partial charge in [-0.1, -0.05) is 6.07 Å². The van der Waals surface area contributed by atoms with Gasteiger partial charge in [-0.15, -0.1) is 0 Å². The van der Waals surface area contributed by atoms with Crippen molar-refractivity contribution in [2.45, 2.75) is 32.3 Å². The number of nitrogens with one attached hydrogen (secondary N) is 1. The highest BCUT2D eigenvalue weighted by Gasteiger charge is 2.36. The maximum absolute atomic E-state index is 12.6. The van der Waals surface area contributed by atoms with Crippen molar-refractivity contribution in [1.82, 2.24) is 10.2 Å². The smallest absolute Gasteiger partial charge is 0.387 e. The number of hydrogen-bond donors (Lipinski definition) is 1. The van der Waals surface area contributed by atoms with Crippen molar-refractivity contribution < 1.29 is 18.3 Å². The van der Waals surface area contributed by atoms with Gasteiger partial charge in [-0.2, -0.15) is 8.78 Å². The van der Waals surface area contributed by atoms with Gasteiger partial charge in [0, 0.05) is 18.7 Å². The molecule has 1 spiro atoms. The lowest BCUT2D eigenvalue weighted by Gasteiger charge is -2.44. The van der Waals surface area contributed by atoms with Crippen LogP contribution in [0, 0.1) is 5.41 Å². The van der Waals surface area contributed by atoms with Crippen molar-refractivity contribution >= 4 is 5.91 Å². The summed E-state index contributed by atoms with van der Waals surface area (Å²) >= 11 is 0. The highest BCUT2D eigenvalue weighted by Crippen LogP contribution is 2.39. The van der Waals surface area contributed by atoms with Crippen LogP contribution in [0.5, 0.6) is 5.75 Å². The minimum absolute atomic E-state index is 0.0256. The van der Waals surface area contributed by atoms with Crippen LogP contribution in [0.25, 0.3) is 0 Å². The van der Waals surface area contributed by atoms with Crippen molar-refractivity contribution in [2.24, 2.45) is 5.41 Å². The van der Waals surface area contributed by atoms with E-state index in [1.807, 2.05) is 4.90 Å². The highest BCUT2D eigenvalue weighted by atomic mass is 19.3. The molecular formula is C17H22F2N2O2. The Kier molecular flexibility index (Phi) is 4.80. The summed E-state index contributed by atoms with van der Waals surface area (Å²) in [6, 6.07) is 6.05. The Morgan fingerprint density at radius 1 is 1.17 bits per heavy atom. The van der Waals surface area contributed by atoms with Crippen molar-refractivity contribution in [1.29, 1.82) is 0 Å². The van der Waals surface area contributed by atoms with Crippen molar-refractivity contribution in [3.05, 3.63) is 29.8 Å². The van der Waals surface area contributed by atoms with Crippen LogP contribution in [0.1, 0.15) is 36.0 Å². The molecule has 3 rings (SSSR count). The molecule has 0 unspecified atom stereocenters. The molecule has 1 aromatic rings. The molecule has 23 heavy (non-hydrogen) atoms. The number of alkyl halides is 2. The first kappa shape index (κ1) is 16.2. The summed E-state index contributed by atoms with van der Waals surface area (Å²) in [7, 11) is 0. The summed E-state index contributed by atoms with van der Waals surface area (Å²) in [5, 5.41) is 3.38. The molecule has 0 saturated carbocycles. The molecule has 2 aliphatic rings. The molecule has 0 aromatic heterocycles. The fourth-order valence-corrected chi connectivity index (χ4v) is 3.63. The van der Waals surface area contributed by atoms with E-state index in [0.29, 0.717) is 11.0 Å². The van der Waals surface area contributed by atoms with Gasteiger partial charge >= 0.3 is 6.61 Å². The number of nitrogens with zero attached hydrogens (tertiary/aromatic N) is 1. The van der Waals surface area contributed by atoms with Gasteiger partial charge in [0.15, 0.2) is 0 Å². The molecule has 2 fully saturated rings. The molecule has 0 atom stereocenters. The van der Waals surface area contributed by atoms with E-state index in [1.54, 1.807) is 12.1 Å². The number of benzene rings is 1. The molecule has 1 aromatic carbocycles. The summed E-state index contributed by atoms with van der Waals surface area (Å²) < 4.78 is 28.9. The number of carbonyl (C=O) groups is 1. The molecule has 2 heterocycles. The van der Waals surface area contributed by atoms with Crippen LogP contribution < -0.4 is 10.1 Å². The maximum atomic E-state index is 12.6. The van der Waals surface area contributed by atoms with E-state index in [2.05, 4.69) is 10.1 Å². The average molecular weight is 324 g/mol. The molecule has 6 heteroatoms. The van der Waals surface area contributed by atoms with E-state index >= 15 is 0 Å². The Morgan fingerprint density at radius 2 is 1.87 bits per heavy atom. The lowest BCUT2D eigenvalue weighted by atomic mass is 9.71. The molecule has 0 bridgehead atoms. The number of likely N-dealkylation sites (tertiary alicyclic amines) is 1. The summed E-state index contributed by atoms with van der Waals surface area (Å²) in [6.07, 6.45) is 4.39. The number of rotatable bonds is 3. The van der Waals surface area contributed by atoms with Gasteiger partial charge in [-0.05, 0) is 62.4 Å². The number of hydrogen-bond acceptors (Lipinski definition) is 3. The normalized spacial score (nSPS) is 20.7. The van der Waals surface area contributed by atoms with Crippen LogP contribution in [0.15, 0.2) is 24.3 Å². The number of halogens is 2. The van der Waals surface area contributed by atoms with Gasteiger partial charge in [0.05, 0.1) is 0 Å². The van der Waals surface area contributed by atoms with E-state index < -0.39 is 6.61 Å². The van der Waals surface area contributed by atoms with Crippen molar-refractivity contribution in [3.63, 3.8) is 0 Å². The monoisotopic (exact) mass is 324 g/mol. The van der Waals surface area contributed by atoms with Crippen LogP contribution in [0.3, 0.4) is 0 Å². The second kappa shape index (κ2) is 6.83. The minimum Gasteiger partial charge on any atom is -0.435 e. The molecule has 126 valence electrons. The lowest BCUT2D eigenvalue weighted by molar-refractivity contribution is -0.0499. The third-order valence-electron chi connectivity index (χ3n) is 5.08. The fraction of sp³-hybridized carbons (Fsp3) is 0.588. The lowest BCUT2D eigenvalue weighted by Crippen LogP contribution is -2.47. The number of piperidine rings is 2. The van der Waals surface area contributed by atoms with E-state index in [9.17, 15) is 13.6 Å². The zero-order valence-corrected chi connectivity index (χ0v) is 13.1. The van der Waals surface area contributed by atoms with Gasteiger partial charge in [0.25, 0.3) is 5.91 Å². The quantitative estimate of drug-likeness (QED) is 0.929. The van der Waals surface area contributed by atoms with E-state index in [0.717, 1.165) is 39.0 Å². The first-order valence-electron chi connectivity index (χ1n) is 8.13.